The van der Waals surface area contributed by atoms with E-state index in [1.54, 1.807) is 12.1 Å². The summed E-state index contributed by atoms with van der Waals surface area (Å²) in [6, 6.07) is 9.51. The summed E-state index contributed by atoms with van der Waals surface area (Å²) in [6.45, 7) is 0. The standard InChI is InChI=1S/C17H9ClF3NO3/c18-13-8-10(14-6-4-11(9-23)24-14)3-5-15(13)25-16-12(17(19,20)21)2-1-7-22-16/h1-9H. The molecule has 0 amide bonds. The number of alkyl halides is 3. The third kappa shape index (κ3) is 3.66. The van der Waals surface area contributed by atoms with Gasteiger partial charge in [-0.2, -0.15) is 13.2 Å². The van der Waals surface area contributed by atoms with Crippen LogP contribution in [0.4, 0.5) is 13.2 Å². The van der Waals surface area contributed by atoms with Crippen LogP contribution in [0.1, 0.15) is 16.1 Å². The summed E-state index contributed by atoms with van der Waals surface area (Å²) in [5.41, 5.74) is -0.459. The van der Waals surface area contributed by atoms with E-state index in [4.69, 9.17) is 20.8 Å². The first-order valence-corrected chi connectivity index (χ1v) is 7.31. The first kappa shape index (κ1) is 17.0. The molecule has 4 nitrogen and oxygen atoms in total. The van der Waals surface area contributed by atoms with Gasteiger partial charge in [0.25, 0.3) is 0 Å². The van der Waals surface area contributed by atoms with Gasteiger partial charge in [-0.25, -0.2) is 4.98 Å². The fourth-order valence-corrected chi connectivity index (χ4v) is 2.32. The number of nitrogens with zero attached hydrogens (tertiary/aromatic N) is 1. The van der Waals surface area contributed by atoms with E-state index < -0.39 is 17.6 Å². The Morgan fingerprint density at radius 1 is 1.16 bits per heavy atom. The van der Waals surface area contributed by atoms with Gasteiger partial charge in [0.15, 0.2) is 12.0 Å². The fraction of sp³-hybridized carbons (Fsp3) is 0.0588. The van der Waals surface area contributed by atoms with E-state index in [2.05, 4.69) is 4.98 Å². The number of ether oxygens (including phenoxy) is 1. The highest BCUT2D eigenvalue weighted by molar-refractivity contribution is 6.32. The van der Waals surface area contributed by atoms with Crippen LogP contribution < -0.4 is 4.74 Å². The molecule has 3 aromatic rings. The van der Waals surface area contributed by atoms with E-state index in [1.807, 2.05) is 0 Å². The number of hydrogen-bond donors (Lipinski definition) is 0. The van der Waals surface area contributed by atoms with Crippen molar-refractivity contribution >= 4 is 17.9 Å². The Morgan fingerprint density at radius 2 is 1.96 bits per heavy atom. The van der Waals surface area contributed by atoms with E-state index in [0.717, 1.165) is 6.07 Å². The highest BCUT2D eigenvalue weighted by Crippen LogP contribution is 2.39. The van der Waals surface area contributed by atoms with Crippen LogP contribution in [0.2, 0.25) is 5.02 Å². The van der Waals surface area contributed by atoms with Crippen molar-refractivity contribution in [3.05, 3.63) is 65.0 Å². The first-order chi connectivity index (χ1) is 11.9. The summed E-state index contributed by atoms with van der Waals surface area (Å²) in [6.07, 6.45) is -2.85. The van der Waals surface area contributed by atoms with Crippen LogP contribution in [0, 0.1) is 0 Å². The molecule has 0 aliphatic carbocycles. The Balaban J connectivity index is 1.91. The Morgan fingerprint density at radius 3 is 2.60 bits per heavy atom. The number of aldehydes is 1. The van der Waals surface area contributed by atoms with Crippen LogP contribution in [-0.2, 0) is 6.18 Å². The molecule has 0 aliphatic heterocycles. The predicted octanol–water partition coefficient (Wildman–Crippen LogP) is 5.62. The number of halogens is 4. The zero-order valence-corrected chi connectivity index (χ0v) is 13.1. The molecule has 3 rings (SSSR count). The first-order valence-electron chi connectivity index (χ1n) is 6.93. The van der Waals surface area contributed by atoms with Crippen LogP contribution >= 0.6 is 11.6 Å². The molecule has 0 radical (unpaired) electrons. The van der Waals surface area contributed by atoms with Crippen molar-refractivity contribution in [1.29, 1.82) is 0 Å². The zero-order chi connectivity index (χ0) is 18.0. The third-order valence-corrected chi connectivity index (χ3v) is 3.54. The van der Waals surface area contributed by atoms with E-state index in [9.17, 15) is 18.0 Å². The van der Waals surface area contributed by atoms with Gasteiger partial charge >= 0.3 is 6.18 Å². The molecule has 0 saturated carbocycles. The van der Waals surface area contributed by atoms with Gasteiger partial charge in [0.1, 0.15) is 17.1 Å². The molecule has 0 N–H and O–H groups in total. The molecule has 0 unspecified atom stereocenters. The van der Waals surface area contributed by atoms with Gasteiger partial charge < -0.3 is 9.15 Å². The molecule has 0 saturated heterocycles. The molecule has 8 heteroatoms. The number of aromatic nitrogens is 1. The van der Waals surface area contributed by atoms with Gasteiger partial charge in [-0.1, -0.05) is 11.6 Å². The minimum Gasteiger partial charge on any atom is -0.453 e. The number of pyridine rings is 1. The molecule has 0 spiro atoms. The van der Waals surface area contributed by atoms with E-state index in [0.29, 0.717) is 17.6 Å². The number of furan rings is 1. The van der Waals surface area contributed by atoms with Crippen molar-refractivity contribution in [3.8, 4) is 23.0 Å². The number of carbonyl (C=O) groups is 1. The van der Waals surface area contributed by atoms with Crippen LogP contribution in [0.15, 0.2) is 53.1 Å². The molecule has 0 atom stereocenters. The summed E-state index contributed by atoms with van der Waals surface area (Å²) in [5.74, 6) is -0.0400. The summed E-state index contributed by atoms with van der Waals surface area (Å²) < 4.78 is 49.4. The zero-order valence-electron chi connectivity index (χ0n) is 12.4. The molecular weight excluding hydrogens is 359 g/mol. The van der Waals surface area contributed by atoms with Crippen LogP contribution in [0.3, 0.4) is 0 Å². The van der Waals surface area contributed by atoms with Crippen molar-refractivity contribution in [1.82, 2.24) is 4.98 Å². The summed E-state index contributed by atoms with van der Waals surface area (Å²) in [4.78, 5) is 14.3. The second-order valence-electron chi connectivity index (χ2n) is 4.92. The van der Waals surface area contributed by atoms with Crippen LogP contribution in [0.5, 0.6) is 11.6 Å². The second kappa shape index (κ2) is 6.60. The Labute approximate surface area is 144 Å². The summed E-state index contributed by atoms with van der Waals surface area (Å²) in [5, 5.41) is 0.0698. The normalized spacial score (nSPS) is 11.4. The fourth-order valence-electron chi connectivity index (χ4n) is 2.10. The van der Waals surface area contributed by atoms with Crippen LogP contribution in [-0.4, -0.2) is 11.3 Å². The summed E-state index contributed by atoms with van der Waals surface area (Å²) in [7, 11) is 0. The minimum atomic E-state index is -4.60. The highest BCUT2D eigenvalue weighted by Gasteiger charge is 2.35. The monoisotopic (exact) mass is 367 g/mol. The van der Waals surface area contributed by atoms with Crippen molar-refractivity contribution in [2.75, 3.05) is 0 Å². The lowest BCUT2D eigenvalue weighted by atomic mass is 10.1. The van der Waals surface area contributed by atoms with Crippen molar-refractivity contribution in [2.45, 2.75) is 6.18 Å². The lowest BCUT2D eigenvalue weighted by Crippen LogP contribution is -2.08. The maximum atomic E-state index is 13.0. The quantitative estimate of drug-likeness (QED) is 0.562. The Bertz CT molecular complexity index is 921. The molecule has 25 heavy (non-hydrogen) atoms. The maximum absolute atomic E-state index is 13.0. The second-order valence-corrected chi connectivity index (χ2v) is 5.33. The number of carbonyl (C=O) groups excluding carboxylic acids is 1. The van der Waals surface area contributed by atoms with E-state index in [1.165, 1.54) is 30.5 Å². The van der Waals surface area contributed by atoms with E-state index >= 15 is 0 Å². The molecular formula is C17H9ClF3NO3. The molecule has 2 heterocycles. The lowest BCUT2D eigenvalue weighted by Gasteiger charge is -2.13. The molecule has 0 fully saturated rings. The Hall–Kier alpha value is -2.80. The lowest BCUT2D eigenvalue weighted by molar-refractivity contribution is -0.138. The topological polar surface area (TPSA) is 52.3 Å². The average molecular weight is 368 g/mol. The van der Waals surface area contributed by atoms with Crippen LogP contribution in [0.25, 0.3) is 11.3 Å². The molecule has 0 aliphatic rings. The third-order valence-electron chi connectivity index (χ3n) is 3.24. The van der Waals surface area contributed by atoms with Crippen molar-refractivity contribution < 1.29 is 27.1 Å². The van der Waals surface area contributed by atoms with Crippen molar-refractivity contribution in [3.63, 3.8) is 0 Å². The average Bonchev–Trinajstić information content (AvgIpc) is 3.05. The predicted molar refractivity (Wildman–Crippen MR) is 83.9 cm³/mol. The largest absolute Gasteiger partial charge is 0.453 e. The number of benzene rings is 1. The molecule has 0 bridgehead atoms. The van der Waals surface area contributed by atoms with E-state index in [-0.39, 0.29) is 16.5 Å². The van der Waals surface area contributed by atoms with Gasteiger partial charge in [0.05, 0.1) is 5.02 Å². The molecule has 2 aromatic heterocycles. The molecule has 128 valence electrons. The summed E-state index contributed by atoms with van der Waals surface area (Å²) >= 11 is 6.09. The highest BCUT2D eigenvalue weighted by atomic mass is 35.5. The molecule has 1 aromatic carbocycles. The van der Waals surface area contributed by atoms with Gasteiger partial charge in [0, 0.05) is 11.8 Å². The van der Waals surface area contributed by atoms with Gasteiger partial charge in [-0.3, -0.25) is 4.79 Å². The van der Waals surface area contributed by atoms with Gasteiger partial charge in [-0.15, -0.1) is 0 Å². The van der Waals surface area contributed by atoms with Crippen molar-refractivity contribution in [2.24, 2.45) is 0 Å². The number of hydrogen-bond acceptors (Lipinski definition) is 4. The van der Waals surface area contributed by atoms with Gasteiger partial charge in [0.2, 0.25) is 5.88 Å². The minimum absolute atomic E-state index is 0.0109. The SMILES string of the molecule is O=Cc1ccc(-c2ccc(Oc3ncccc3C(F)(F)F)c(Cl)c2)o1. The Kier molecular flexibility index (Phi) is 4.50. The van der Waals surface area contributed by atoms with Gasteiger partial charge in [-0.05, 0) is 42.5 Å². The smallest absolute Gasteiger partial charge is 0.421 e. The maximum Gasteiger partial charge on any atom is 0.421 e. The number of rotatable bonds is 4.